The van der Waals surface area contributed by atoms with Crippen molar-refractivity contribution in [3.63, 3.8) is 0 Å². The second kappa shape index (κ2) is 8.57. The summed E-state index contributed by atoms with van der Waals surface area (Å²) in [5.41, 5.74) is 2.72. The highest BCUT2D eigenvalue weighted by Gasteiger charge is 2.19. The van der Waals surface area contributed by atoms with Crippen LogP contribution in [0, 0.1) is 12.7 Å². The van der Waals surface area contributed by atoms with Crippen LogP contribution < -0.4 is 10.1 Å². The minimum Gasteiger partial charge on any atom is -0.497 e. The van der Waals surface area contributed by atoms with Crippen LogP contribution in [0.1, 0.15) is 16.2 Å². The second-order valence-corrected chi connectivity index (χ2v) is 7.20. The molecule has 4 aromatic rings. The van der Waals surface area contributed by atoms with E-state index in [1.54, 1.807) is 55.6 Å². The molecule has 0 fully saturated rings. The zero-order valence-electron chi connectivity index (χ0n) is 16.8. The van der Waals surface area contributed by atoms with Crippen molar-refractivity contribution >= 4 is 23.2 Å². The van der Waals surface area contributed by atoms with E-state index in [9.17, 15) is 9.18 Å². The smallest absolute Gasteiger partial charge is 0.295 e. The summed E-state index contributed by atoms with van der Waals surface area (Å²) < 4.78 is 20.1. The van der Waals surface area contributed by atoms with E-state index in [-0.39, 0.29) is 11.6 Å². The number of hydrogen-bond acceptors (Lipinski definition) is 4. The Bertz CT molecular complexity index is 1240. The molecule has 1 heterocycles. The van der Waals surface area contributed by atoms with Gasteiger partial charge in [-0.05, 0) is 73.2 Å². The molecule has 6 nitrogen and oxygen atoms in total. The number of rotatable bonds is 5. The molecule has 4 rings (SSSR count). The van der Waals surface area contributed by atoms with E-state index in [1.165, 1.54) is 16.8 Å². The summed E-state index contributed by atoms with van der Waals surface area (Å²) in [6.07, 6.45) is 0. The Morgan fingerprint density at radius 2 is 1.77 bits per heavy atom. The molecule has 0 aliphatic carbocycles. The molecular formula is C23H18ClFN4O2. The maximum atomic E-state index is 13.4. The van der Waals surface area contributed by atoms with Crippen molar-refractivity contribution in [2.75, 3.05) is 12.4 Å². The van der Waals surface area contributed by atoms with Crippen LogP contribution in [-0.2, 0) is 0 Å². The van der Waals surface area contributed by atoms with Gasteiger partial charge in [0, 0.05) is 16.3 Å². The average Bonchev–Trinajstić information content (AvgIpc) is 3.22. The van der Waals surface area contributed by atoms with E-state index in [1.807, 2.05) is 13.0 Å². The number of benzene rings is 3. The number of nitrogens with zero attached hydrogens (tertiary/aromatic N) is 3. The van der Waals surface area contributed by atoms with Crippen LogP contribution in [0.15, 0.2) is 66.7 Å². The molecule has 0 saturated carbocycles. The lowest BCUT2D eigenvalue weighted by Crippen LogP contribution is -2.14. The highest BCUT2D eigenvalue weighted by atomic mass is 35.5. The summed E-state index contributed by atoms with van der Waals surface area (Å²) >= 11 is 6.14. The monoisotopic (exact) mass is 436 g/mol. The normalized spacial score (nSPS) is 10.7. The van der Waals surface area contributed by atoms with Gasteiger partial charge in [0.2, 0.25) is 5.82 Å². The molecular weight excluding hydrogens is 419 g/mol. The third kappa shape index (κ3) is 4.41. The molecule has 0 unspecified atom stereocenters. The Morgan fingerprint density at radius 3 is 2.42 bits per heavy atom. The fourth-order valence-corrected chi connectivity index (χ4v) is 3.14. The van der Waals surface area contributed by atoms with E-state index < -0.39 is 5.91 Å². The van der Waals surface area contributed by atoms with Crippen molar-refractivity contribution in [2.24, 2.45) is 0 Å². The number of anilines is 1. The van der Waals surface area contributed by atoms with Crippen molar-refractivity contribution in [1.29, 1.82) is 0 Å². The zero-order valence-corrected chi connectivity index (χ0v) is 17.5. The number of nitrogens with one attached hydrogen (secondary N) is 1. The van der Waals surface area contributed by atoms with E-state index in [2.05, 4.69) is 15.4 Å². The number of methoxy groups -OCH3 is 1. The number of carbonyl (C=O) groups excluding carboxylic acids is 1. The van der Waals surface area contributed by atoms with Gasteiger partial charge in [-0.1, -0.05) is 17.7 Å². The summed E-state index contributed by atoms with van der Waals surface area (Å²) in [7, 11) is 1.58. The highest BCUT2D eigenvalue weighted by molar-refractivity contribution is 6.31. The summed E-state index contributed by atoms with van der Waals surface area (Å²) in [5, 5.41) is 7.70. The van der Waals surface area contributed by atoms with Crippen LogP contribution in [0.5, 0.6) is 5.75 Å². The van der Waals surface area contributed by atoms with Gasteiger partial charge < -0.3 is 10.1 Å². The van der Waals surface area contributed by atoms with Crippen molar-refractivity contribution in [1.82, 2.24) is 14.8 Å². The minimum absolute atomic E-state index is 0.0353. The first-order chi connectivity index (χ1) is 14.9. The molecule has 0 bridgehead atoms. The molecule has 0 saturated heterocycles. The Labute approximate surface area is 183 Å². The van der Waals surface area contributed by atoms with Gasteiger partial charge in [0.1, 0.15) is 11.6 Å². The van der Waals surface area contributed by atoms with Gasteiger partial charge in [-0.25, -0.2) is 14.1 Å². The summed E-state index contributed by atoms with van der Waals surface area (Å²) in [6.45, 7) is 1.88. The van der Waals surface area contributed by atoms with E-state index in [0.29, 0.717) is 33.5 Å². The van der Waals surface area contributed by atoms with Gasteiger partial charge in [-0.15, -0.1) is 5.10 Å². The predicted octanol–water partition coefficient (Wildman–Crippen LogP) is 5.30. The van der Waals surface area contributed by atoms with Crippen molar-refractivity contribution in [3.8, 4) is 22.8 Å². The summed E-state index contributed by atoms with van der Waals surface area (Å²) in [6, 6.07) is 18.2. The van der Waals surface area contributed by atoms with Crippen molar-refractivity contribution in [3.05, 3.63) is 89.0 Å². The molecule has 31 heavy (non-hydrogen) atoms. The van der Waals surface area contributed by atoms with Gasteiger partial charge in [-0.2, -0.15) is 0 Å². The van der Waals surface area contributed by atoms with E-state index in [0.717, 1.165) is 5.56 Å². The predicted molar refractivity (Wildman–Crippen MR) is 117 cm³/mol. The number of amides is 1. The molecule has 156 valence electrons. The van der Waals surface area contributed by atoms with Gasteiger partial charge in [0.25, 0.3) is 5.91 Å². The topological polar surface area (TPSA) is 69.0 Å². The highest BCUT2D eigenvalue weighted by Crippen LogP contribution is 2.24. The number of hydrogen-bond donors (Lipinski definition) is 1. The number of aromatic nitrogens is 3. The number of carbonyl (C=O) groups is 1. The standard InChI is InChI=1S/C23H18ClFN4O2/c1-14-3-8-17(13-20(14)24)26-23(30)21-27-22(15-4-6-16(25)7-5-15)29(28-21)18-9-11-19(31-2)12-10-18/h3-13H,1-2H3,(H,26,30). The Balaban J connectivity index is 1.73. The third-order valence-corrected chi connectivity index (χ3v) is 5.07. The largest absolute Gasteiger partial charge is 0.497 e. The maximum Gasteiger partial charge on any atom is 0.295 e. The lowest BCUT2D eigenvalue weighted by atomic mass is 10.2. The van der Waals surface area contributed by atoms with Crippen LogP contribution in [0.4, 0.5) is 10.1 Å². The minimum atomic E-state index is -0.490. The molecule has 1 N–H and O–H groups in total. The first-order valence-corrected chi connectivity index (χ1v) is 9.77. The quantitative estimate of drug-likeness (QED) is 0.461. The van der Waals surface area contributed by atoms with Gasteiger partial charge in [0.05, 0.1) is 12.8 Å². The number of ether oxygens (including phenoxy) is 1. The van der Waals surface area contributed by atoms with Gasteiger partial charge >= 0.3 is 0 Å². The second-order valence-electron chi connectivity index (χ2n) is 6.79. The lowest BCUT2D eigenvalue weighted by molar-refractivity contribution is 0.101. The first kappa shape index (κ1) is 20.6. The molecule has 1 amide bonds. The third-order valence-electron chi connectivity index (χ3n) is 4.66. The van der Waals surface area contributed by atoms with Crippen LogP contribution >= 0.6 is 11.6 Å². The molecule has 0 atom stereocenters. The van der Waals surface area contributed by atoms with Crippen LogP contribution in [0.2, 0.25) is 5.02 Å². The number of halogens is 2. The molecule has 8 heteroatoms. The summed E-state index contributed by atoms with van der Waals surface area (Å²) in [4.78, 5) is 17.2. The fourth-order valence-electron chi connectivity index (χ4n) is 2.96. The molecule has 0 aliphatic heterocycles. The van der Waals surface area contributed by atoms with Crippen molar-refractivity contribution in [2.45, 2.75) is 6.92 Å². The Kier molecular flexibility index (Phi) is 5.68. The average molecular weight is 437 g/mol. The first-order valence-electron chi connectivity index (χ1n) is 9.39. The number of aryl methyl sites for hydroxylation is 1. The molecule has 3 aromatic carbocycles. The Morgan fingerprint density at radius 1 is 1.06 bits per heavy atom. The van der Waals surface area contributed by atoms with E-state index >= 15 is 0 Å². The maximum absolute atomic E-state index is 13.4. The fraction of sp³-hybridized carbons (Fsp3) is 0.0870. The molecule has 0 aliphatic rings. The van der Waals surface area contributed by atoms with Gasteiger partial charge in [-0.3, -0.25) is 4.79 Å². The molecule has 0 radical (unpaired) electrons. The lowest BCUT2D eigenvalue weighted by Gasteiger charge is -2.07. The molecule has 1 aromatic heterocycles. The SMILES string of the molecule is COc1ccc(-n2nc(C(=O)Nc3ccc(C)c(Cl)c3)nc2-c2ccc(F)cc2)cc1. The van der Waals surface area contributed by atoms with Crippen LogP contribution in [-0.4, -0.2) is 27.8 Å². The Hall–Kier alpha value is -3.71. The summed E-state index contributed by atoms with van der Waals surface area (Å²) in [5.74, 6) is 0.189. The van der Waals surface area contributed by atoms with E-state index in [4.69, 9.17) is 16.3 Å². The molecule has 0 spiro atoms. The van der Waals surface area contributed by atoms with Gasteiger partial charge in [0.15, 0.2) is 5.82 Å². The van der Waals surface area contributed by atoms with Crippen LogP contribution in [0.25, 0.3) is 17.1 Å². The zero-order chi connectivity index (χ0) is 22.0. The van der Waals surface area contributed by atoms with Crippen LogP contribution in [0.3, 0.4) is 0 Å². The van der Waals surface area contributed by atoms with Crippen molar-refractivity contribution < 1.29 is 13.9 Å².